The minimum Gasteiger partial charge on any atom is -0.334 e. The van der Waals surface area contributed by atoms with Crippen molar-refractivity contribution in [1.29, 1.82) is 0 Å². The highest BCUT2D eigenvalue weighted by Crippen LogP contribution is 2.52. The molecule has 1 unspecified atom stereocenters. The van der Waals surface area contributed by atoms with E-state index < -0.39 is 8.24 Å². The number of nitrogens with one attached hydrogen (secondary N) is 1. The third-order valence-electron chi connectivity index (χ3n) is 5.91. The quantitative estimate of drug-likeness (QED) is 0.702. The van der Waals surface area contributed by atoms with E-state index in [1.165, 1.54) is 43.3 Å². The molecule has 0 aromatic heterocycles. The van der Waals surface area contributed by atoms with Gasteiger partial charge in [0.2, 0.25) is 0 Å². The monoisotopic (exact) mass is 277 g/mol. The summed E-state index contributed by atoms with van der Waals surface area (Å²) in [4.78, 5) is 4.11. The Morgan fingerprint density at radius 2 is 1.68 bits per heavy atom. The van der Waals surface area contributed by atoms with E-state index in [-0.39, 0.29) is 0 Å². The first-order valence-corrected chi connectivity index (χ1v) is 10.9. The molecule has 0 amide bonds. The summed E-state index contributed by atoms with van der Waals surface area (Å²) in [6.07, 6.45) is 9.59. The maximum Gasteiger partial charge on any atom is 0.133 e. The Bertz CT molecular complexity index is 413. The Kier molecular flexibility index (Phi) is 4.13. The first kappa shape index (κ1) is 15.1. The number of rotatable bonds is 3. The Balaban J connectivity index is 2.19. The average molecular weight is 278 g/mol. The summed E-state index contributed by atoms with van der Waals surface area (Å²) in [5.74, 6) is 0. The molecule has 1 fully saturated rings. The molecule has 0 heterocycles. The molecule has 2 heteroatoms. The summed E-state index contributed by atoms with van der Waals surface area (Å²) in [6, 6.07) is 0.773. The number of allylic oxidation sites excluding steroid dienone is 4. The molecule has 0 aromatic carbocycles. The van der Waals surface area contributed by atoms with E-state index in [4.69, 9.17) is 0 Å². The molecule has 1 nitrogen and oxygen atoms in total. The first-order valence-electron chi connectivity index (χ1n) is 7.93. The van der Waals surface area contributed by atoms with Gasteiger partial charge in [0.25, 0.3) is 0 Å². The summed E-state index contributed by atoms with van der Waals surface area (Å²) < 4.78 is 0. The lowest BCUT2D eigenvalue weighted by atomic mass is 9.96. The minimum atomic E-state index is -1.51. The predicted molar refractivity (Wildman–Crippen MR) is 88.0 cm³/mol. The van der Waals surface area contributed by atoms with E-state index in [0.717, 1.165) is 6.04 Å². The van der Waals surface area contributed by atoms with E-state index in [0.29, 0.717) is 5.04 Å². The van der Waals surface area contributed by atoms with E-state index in [9.17, 15) is 0 Å². The molecule has 0 radical (unpaired) electrons. The largest absolute Gasteiger partial charge is 0.334 e. The molecule has 1 saturated carbocycles. The van der Waals surface area contributed by atoms with Gasteiger partial charge in [0.1, 0.15) is 8.24 Å². The van der Waals surface area contributed by atoms with Gasteiger partial charge in [0.05, 0.1) is 0 Å². The third kappa shape index (κ3) is 2.62. The molecule has 2 rings (SSSR count). The van der Waals surface area contributed by atoms with E-state index in [1.807, 2.05) is 0 Å². The molecular weight excluding hydrogens is 246 g/mol. The zero-order valence-corrected chi connectivity index (χ0v) is 14.7. The van der Waals surface area contributed by atoms with Crippen LogP contribution in [0.3, 0.4) is 0 Å². The van der Waals surface area contributed by atoms with Gasteiger partial charge in [0.15, 0.2) is 0 Å². The van der Waals surface area contributed by atoms with Crippen molar-refractivity contribution in [3.63, 3.8) is 0 Å². The van der Waals surface area contributed by atoms with Gasteiger partial charge in [-0.1, -0.05) is 56.5 Å². The molecule has 2 aliphatic rings. The minimum absolute atomic E-state index is 0.290. The maximum absolute atomic E-state index is 4.11. The van der Waals surface area contributed by atoms with Crippen LogP contribution >= 0.6 is 0 Å². The van der Waals surface area contributed by atoms with Crippen molar-refractivity contribution in [3.05, 3.63) is 22.8 Å². The van der Waals surface area contributed by atoms with Crippen LogP contribution in [0, 0.1) is 0 Å². The van der Waals surface area contributed by atoms with Crippen molar-refractivity contribution < 1.29 is 0 Å². The highest BCUT2D eigenvalue weighted by Gasteiger charge is 2.46. The second-order valence-corrected chi connectivity index (χ2v) is 12.0. The fourth-order valence-electron chi connectivity index (χ4n) is 3.89. The fourth-order valence-corrected chi connectivity index (χ4v) is 7.20. The van der Waals surface area contributed by atoms with E-state index in [1.54, 1.807) is 5.57 Å². The maximum atomic E-state index is 4.11. The van der Waals surface area contributed by atoms with Crippen LogP contribution in [0.4, 0.5) is 0 Å². The van der Waals surface area contributed by atoms with Gasteiger partial charge >= 0.3 is 0 Å². The normalized spacial score (nSPS) is 29.9. The summed E-state index contributed by atoms with van der Waals surface area (Å²) in [5.41, 5.74) is 4.62. The smallest absolute Gasteiger partial charge is 0.133 e. The topological polar surface area (TPSA) is 12.0 Å². The lowest BCUT2D eigenvalue weighted by Gasteiger charge is -2.44. The van der Waals surface area contributed by atoms with Crippen LogP contribution in [0.2, 0.25) is 18.1 Å². The summed E-state index contributed by atoms with van der Waals surface area (Å²) >= 11 is 0. The Morgan fingerprint density at radius 1 is 1.11 bits per heavy atom. The van der Waals surface area contributed by atoms with Gasteiger partial charge in [-0.25, -0.2) is 0 Å². The molecule has 19 heavy (non-hydrogen) atoms. The molecule has 1 atom stereocenters. The van der Waals surface area contributed by atoms with Gasteiger partial charge < -0.3 is 4.98 Å². The first-order chi connectivity index (χ1) is 8.78. The lowest BCUT2D eigenvalue weighted by molar-refractivity contribution is 0.411. The Hall–Kier alpha value is -0.343. The second-order valence-electron chi connectivity index (χ2n) is 7.38. The average Bonchev–Trinajstić information content (AvgIpc) is 2.55. The van der Waals surface area contributed by atoms with Gasteiger partial charge in [-0.15, -0.1) is 0 Å². The zero-order chi connectivity index (χ0) is 14.3. The van der Waals surface area contributed by atoms with Crippen LogP contribution in [0.5, 0.6) is 0 Å². The van der Waals surface area contributed by atoms with Crippen LogP contribution in [0.25, 0.3) is 0 Å². The summed E-state index contributed by atoms with van der Waals surface area (Å²) in [7, 11) is -1.51. The molecule has 108 valence electrons. The highest BCUT2D eigenvalue weighted by molar-refractivity contribution is 6.79. The van der Waals surface area contributed by atoms with E-state index >= 15 is 0 Å². The van der Waals surface area contributed by atoms with Crippen LogP contribution in [-0.2, 0) is 0 Å². The lowest BCUT2D eigenvalue weighted by Crippen LogP contribution is -2.57. The molecule has 0 bridgehead atoms. The predicted octanol–water partition coefficient (Wildman–Crippen LogP) is 5.17. The van der Waals surface area contributed by atoms with Crippen molar-refractivity contribution in [1.82, 2.24) is 4.98 Å². The molecule has 2 aliphatic carbocycles. The molecular formula is C17H31NSi. The second kappa shape index (κ2) is 5.21. The summed E-state index contributed by atoms with van der Waals surface area (Å²) in [6.45, 7) is 14.4. The summed E-state index contributed by atoms with van der Waals surface area (Å²) in [5, 5.41) is 0.290. The van der Waals surface area contributed by atoms with Gasteiger partial charge in [-0.2, -0.15) is 0 Å². The zero-order valence-electron chi connectivity index (χ0n) is 13.7. The van der Waals surface area contributed by atoms with E-state index in [2.05, 4.69) is 51.8 Å². The van der Waals surface area contributed by atoms with Crippen LogP contribution in [0.1, 0.15) is 59.8 Å². The molecule has 0 aromatic rings. The number of hydrogen-bond donors (Lipinski definition) is 1. The van der Waals surface area contributed by atoms with Crippen molar-refractivity contribution in [2.24, 2.45) is 0 Å². The van der Waals surface area contributed by atoms with Crippen LogP contribution < -0.4 is 4.98 Å². The number of hydrogen-bond acceptors (Lipinski definition) is 1. The molecule has 0 spiro atoms. The Morgan fingerprint density at radius 3 is 2.16 bits per heavy atom. The van der Waals surface area contributed by atoms with Crippen molar-refractivity contribution in [2.75, 3.05) is 0 Å². The third-order valence-corrected chi connectivity index (χ3v) is 10.2. The fraction of sp³-hybridized carbons (Fsp3) is 0.765. The van der Waals surface area contributed by atoms with Gasteiger partial charge in [-0.05, 0) is 39.2 Å². The molecule has 0 saturated heterocycles. The highest BCUT2D eigenvalue weighted by atomic mass is 28.3. The molecule has 0 aliphatic heterocycles. The Labute approximate surface area is 120 Å². The SMILES string of the molecule is CC1=CC(C)([Si](C)(C)NC2CCCCC2)C(C)=C1C. The van der Waals surface area contributed by atoms with Crippen LogP contribution in [-0.4, -0.2) is 14.3 Å². The van der Waals surface area contributed by atoms with Crippen molar-refractivity contribution >= 4 is 8.24 Å². The van der Waals surface area contributed by atoms with Gasteiger partial charge in [-0.3, -0.25) is 0 Å². The van der Waals surface area contributed by atoms with Gasteiger partial charge in [0, 0.05) is 11.1 Å². The molecule has 1 N–H and O–H groups in total. The van der Waals surface area contributed by atoms with Crippen molar-refractivity contribution in [2.45, 2.75) is 84.0 Å². The van der Waals surface area contributed by atoms with Crippen molar-refractivity contribution in [3.8, 4) is 0 Å². The van der Waals surface area contributed by atoms with Crippen LogP contribution in [0.15, 0.2) is 22.8 Å². The standard InChI is InChI=1S/C17H31NSi/c1-13-12-17(4,15(3)14(13)2)19(5,6)18-16-10-8-7-9-11-16/h12,16,18H,7-11H2,1-6H3.